The lowest BCUT2D eigenvalue weighted by molar-refractivity contribution is -0.150. The van der Waals surface area contributed by atoms with Crippen LogP contribution in [0, 0.1) is 5.92 Å². The van der Waals surface area contributed by atoms with Crippen molar-refractivity contribution in [3.05, 3.63) is 29.8 Å². The van der Waals surface area contributed by atoms with Gasteiger partial charge in [0.1, 0.15) is 24.0 Å². The van der Waals surface area contributed by atoms with Gasteiger partial charge in [-0.3, -0.25) is 4.90 Å². The first-order chi connectivity index (χ1) is 13.3. The molecule has 1 aliphatic heterocycles. The SMILES string of the molecule is COc1ccc(COC(=O)[C@@H]2C[C@@H]3CCCC[C@@H]3N2C(=O)OC(C)(C)C)cc1. The molecular weight excluding hydrogens is 358 g/mol. The molecule has 1 saturated carbocycles. The van der Waals surface area contributed by atoms with Crippen LogP contribution in [0.4, 0.5) is 4.79 Å². The van der Waals surface area contributed by atoms with Crippen LogP contribution in [-0.4, -0.2) is 41.8 Å². The number of fused-ring (bicyclic) bond motifs is 1. The summed E-state index contributed by atoms with van der Waals surface area (Å²) in [7, 11) is 1.61. The molecule has 3 atom stereocenters. The summed E-state index contributed by atoms with van der Waals surface area (Å²) in [6, 6.07) is 6.90. The Hall–Kier alpha value is -2.24. The molecular formula is C22H31NO5. The van der Waals surface area contributed by atoms with E-state index in [9.17, 15) is 9.59 Å². The Kier molecular flexibility index (Phi) is 6.16. The highest BCUT2D eigenvalue weighted by Gasteiger charge is 2.49. The number of nitrogens with zero attached hydrogens (tertiary/aromatic N) is 1. The normalized spacial score (nSPS) is 24.4. The van der Waals surface area contributed by atoms with Gasteiger partial charge in [0.05, 0.1) is 7.11 Å². The average Bonchev–Trinajstić information content (AvgIpc) is 3.05. The smallest absolute Gasteiger partial charge is 0.411 e. The van der Waals surface area contributed by atoms with Gasteiger partial charge in [-0.25, -0.2) is 9.59 Å². The van der Waals surface area contributed by atoms with E-state index in [1.165, 1.54) is 0 Å². The molecule has 28 heavy (non-hydrogen) atoms. The maximum atomic E-state index is 12.9. The van der Waals surface area contributed by atoms with E-state index in [2.05, 4.69) is 0 Å². The van der Waals surface area contributed by atoms with Crippen LogP contribution in [-0.2, 0) is 20.9 Å². The average molecular weight is 389 g/mol. The zero-order valence-corrected chi connectivity index (χ0v) is 17.3. The maximum Gasteiger partial charge on any atom is 0.411 e. The van der Waals surface area contributed by atoms with Gasteiger partial charge >= 0.3 is 12.1 Å². The van der Waals surface area contributed by atoms with Gasteiger partial charge in [-0.2, -0.15) is 0 Å². The van der Waals surface area contributed by atoms with E-state index in [-0.39, 0.29) is 18.6 Å². The third-order valence-electron chi connectivity index (χ3n) is 5.50. The number of likely N-dealkylation sites (tertiary alicyclic amines) is 1. The molecule has 0 unspecified atom stereocenters. The molecule has 6 heteroatoms. The van der Waals surface area contributed by atoms with E-state index in [0.29, 0.717) is 12.3 Å². The molecule has 0 N–H and O–H groups in total. The van der Waals surface area contributed by atoms with Crippen LogP contribution < -0.4 is 4.74 Å². The van der Waals surface area contributed by atoms with Crippen LogP contribution in [0.5, 0.6) is 5.75 Å². The summed E-state index contributed by atoms with van der Waals surface area (Å²) in [5.74, 6) is 0.752. The summed E-state index contributed by atoms with van der Waals surface area (Å²) in [5.41, 5.74) is 0.287. The Bertz CT molecular complexity index is 694. The van der Waals surface area contributed by atoms with Crippen molar-refractivity contribution in [2.24, 2.45) is 5.92 Å². The number of benzene rings is 1. The number of esters is 1. The summed E-state index contributed by atoms with van der Waals surface area (Å²) in [6.45, 7) is 5.71. The minimum Gasteiger partial charge on any atom is -0.497 e. The molecule has 1 saturated heterocycles. The lowest BCUT2D eigenvalue weighted by Crippen LogP contribution is -2.48. The monoisotopic (exact) mass is 389 g/mol. The minimum atomic E-state index is -0.596. The van der Waals surface area contributed by atoms with Crippen LogP contribution in [0.1, 0.15) is 58.4 Å². The highest BCUT2D eigenvalue weighted by atomic mass is 16.6. The molecule has 2 fully saturated rings. The molecule has 3 rings (SSSR count). The number of hydrogen-bond donors (Lipinski definition) is 0. The second-order valence-corrected chi connectivity index (χ2v) is 8.71. The number of ether oxygens (including phenoxy) is 3. The molecule has 6 nitrogen and oxygen atoms in total. The van der Waals surface area contributed by atoms with Crippen LogP contribution in [0.3, 0.4) is 0 Å². The van der Waals surface area contributed by atoms with Crippen molar-refractivity contribution in [2.45, 2.75) is 77.2 Å². The standard InChI is InChI=1S/C22H31NO5/c1-22(2,3)28-21(25)23-18-8-6-5-7-16(18)13-19(23)20(24)27-14-15-9-11-17(26-4)12-10-15/h9-12,16,18-19H,5-8,13-14H2,1-4H3/t16-,18-,19-/m0/s1. The fourth-order valence-electron chi connectivity index (χ4n) is 4.22. The van der Waals surface area contributed by atoms with E-state index in [1.54, 1.807) is 12.0 Å². The van der Waals surface area contributed by atoms with E-state index >= 15 is 0 Å². The Balaban J connectivity index is 1.69. The van der Waals surface area contributed by atoms with E-state index in [4.69, 9.17) is 14.2 Å². The van der Waals surface area contributed by atoms with Crippen molar-refractivity contribution in [1.82, 2.24) is 4.90 Å². The van der Waals surface area contributed by atoms with Crippen molar-refractivity contribution >= 4 is 12.1 Å². The number of carbonyl (C=O) groups is 2. The molecule has 1 amide bonds. The Morgan fingerprint density at radius 1 is 1.11 bits per heavy atom. The molecule has 1 aromatic rings. The molecule has 1 aliphatic carbocycles. The van der Waals surface area contributed by atoms with Gasteiger partial charge in [-0.15, -0.1) is 0 Å². The first-order valence-corrected chi connectivity index (χ1v) is 10.1. The molecule has 0 aromatic heterocycles. The molecule has 0 bridgehead atoms. The zero-order valence-electron chi connectivity index (χ0n) is 17.3. The third kappa shape index (κ3) is 4.78. The van der Waals surface area contributed by atoms with Gasteiger partial charge in [-0.05, 0) is 63.6 Å². The van der Waals surface area contributed by atoms with Crippen LogP contribution >= 0.6 is 0 Å². The second-order valence-electron chi connectivity index (χ2n) is 8.71. The molecule has 2 aliphatic rings. The molecule has 1 aromatic carbocycles. The van der Waals surface area contributed by atoms with E-state index in [1.807, 2.05) is 45.0 Å². The minimum absolute atomic E-state index is 0.0714. The first-order valence-electron chi connectivity index (χ1n) is 10.1. The lowest BCUT2D eigenvalue weighted by Gasteiger charge is -2.34. The fraction of sp³-hybridized carbons (Fsp3) is 0.636. The predicted molar refractivity (Wildman–Crippen MR) is 105 cm³/mol. The number of carbonyl (C=O) groups excluding carboxylic acids is 2. The highest BCUT2D eigenvalue weighted by Crippen LogP contribution is 2.40. The van der Waals surface area contributed by atoms with E-state index in [0.717, 1.165) is 37.0 Å². The van der Waals surface area contributed by atoms with Gasteiger partial charge in [0, 0.05) is 6.04 Å². The summed E-state index contributed by atoms with van der Waals surface area (Å²) in [4.78, 5) is 27.4. The number of hydrogen-bond acceptors (Lipinski definition) is 5. The maximum absolute atomic E-state index is 12.9. The van der Waals surface area contributed by atoms with Crippen LogP contribution in [0.15, 0.2) is 24.3 Å². The number of amides is 1. The van der Waals surface area contributed by atoms with Gasteiger partial charge < -0.3 is 14.2 Å². The Morgan fingerprint density at radius 3 is 2.43 bits per heavy atom. The zero-order chi connectivity index (χ0) is 20.3. The quantitative estimate of drug-likeness (QED) is 0.718. The summed E-state index contributed by atoms with van der Waals surface area (Å²) in [5, 5.41) is 0. The predicted octanol–water partition coefficient (Wildman–Crippen LogP) is 4.31. The van der Waals surface area contributed by atoms with Crippen molar-refractivity contribution in [2.75, 3.05) is 7.11 Å². The molecule has 154 valence electrons. The summed E-state index contributed by atoms with van der Waals surface area (Å²) >= 11 is 0. The van der Waals surface area contributed by atoms with Crippen molar-refractivity contribution < 1.29 is 23.8 Å². The first kappa shape index (κ1) is 20.5. The highest BCUT2D eigenvalue weighted by molar-refractivity contribution is 5.82. The van der Waals surface area contributed by atoms with Crippen LogP contribution in [0.2, 0.25) is 0 Å². The number of methoxy groups -OCH3 is 1. The van der Waals surface area contributed by atoms with Gasteiger partial charge in [0.2, 0.25) is 0 Å². The summed E-state index contributed by atoms with van der Waals surface area (Å²) < 4.78 is 16.3. The summed E-state index contributed by atoms with van der Waals surface area (Å²) in [6.07, 6.45) is 4.45. The molecule has 1 heterocycles. The second kappa shape index (κ2) is 8.41. The van der Waals surface area contributed by atoms with Gasteiger partial charge in [0.15, 0.2) is 0 Å². The molecule has 0 radical (unpaired) electrons. The topological polar surface area (TPSA) is 65.1 Å². The van der Waals surface area contributed by atoms with Crippen LogP contribution in [0.25, 0.3) is 0 Å². The van der Waals surface area contributed by atoms with Crippen molar-refractivity contribution in [3.63, 3.8) is 0 Å². The third-order valence-corrected chi connectivity index (χ3v) is 5.50. The Morgan fingerprint density at radius 2 is 1.79 bits per heavy atom. The largest absolute Gasteiger partial charge is 0.497 e. The van der Waals surface area contributed by atoms with Gasteiger partial charge in [-0.1, -0.05) is 25.0 Å². The molecule has 0 spiro atoms. The Labute approximate surface area is 167 Å². The van der Waals surface area contributed by atoms with E-state index < -0.39 is 17.7 Å². The van der Waals surface area contributed by atoms with Gasteiger partial charge in [0.25, 0.3) is 0 Å². The fourth-order valence-corrected chi connectivity index (χ4v) is 4.22. The number of rotatable bonds is 4. The van der Waals surface area contributed by atoms with Crippen molar-refractivity contribution in [1.29, 1.82) is 0 Å². The lowest BCUT2D eigenvalue weighted by atomic mass is 9.85. The van der Waals surface area contributed by atoms with Crippen molar-refractivity contribution in [3.8, 4) is 5.75 Å².